The number of rotatable bonds is 4. The molecule has 0 aliphatic heterocycles. The fourth-order valence-corrected chi connectivity index (χ4v) is 3.46. The van der Waals surface area contributed by atoms with Gasteiger partial charge >= 0.3 is 0 Å². The number of hydrogen-bond donors (Lipinski definition) is 0. The highest BCUT2D eigenvalue weighted by molar-refractivity contribution is 8.79. The highest BCUT2D eigenvalue weighted by Crippen LogP contribution is 2.35. The van der Waals surface area contributed by atoms with Gasteiger partial charge in [-0.1, -0.05) is 34.6 Å². The molecule has 0 aliphatic rings. The van der Waals surface area contributed by atoms with E-state index in [4.69, 9.17) is 0 Å². The summed E-state index contributed by atoms with van der Waals surface area (Å²) in [4.78, 5) is 0. The quantitative estimate of drug-likeness (QED) is 0.607. The minimum absolute atomic E-state index is 1.17. The van der Waals surface area contributed by atoms with Crippen molar-refractivity contribution in [1.29, 1.82) is 0 Å². The molecular formula is C6H12S3. The van der Waals surface area contributed by atoms with E-state index in [9.17, 15) is 0 Å². The maximum Gasteiger partial charge on any atom is 0.0467 e. The van der Waals surface area contributed by atoms with Crippen molar-refractivity contribution in [3.63, 3.8) is 0 Å². The molecule has 0 atom stereocenters. The summed E-state index contributed by atoms with van der Waals surface area (Å²) < 4.78 is 1.42. The highest BCUT2D eigenvalue weighted by atomic mass is 33.1. The van der Waals surface area contributed by atoms with Gasteiger partial charge in [0.2, 0.25) is 0 Å². The maximum atomic E-state index is 2.18. The van der Waals surface area contributed by atoms with Crippen molar-refractivity contribution in [3.8, 4) is 0 Å². The summed E-state index contributed by atoms with van der Waals surface area (Å²) in [6.07, 6.45) is 4.26. The Hall–Kier alpha value is 0.790. The molecule has 0 rings (SSSR count). The van der Waals surface area contributed by atoms with Crippen molar-refractivity contribution in [2.45, 2.75) is 13.8 Å². The largest absolute Gasteiger partial charge is 0.119 e. The SMILES string of the molecule is CC=C(SCC)SSC. The van der Waals surface area contributed by atoms with Crippen LogP contribution in [0.15, 0.2) is 10.3 Å². The third-order valence-electron chi connectivity index (χ3n) is 0.688. The van der Waals surface area contributed by atoms with Gasteiger partial charge < -0.3 is 0 Å². The summed E-state index contributed by atoms with van der Waals surface area (Å²) in [7, 11) is 3.64. The fraction of sp³-hybridized carbons (Fsp3) is 0.667. The molecule has 0 saturated heterocycles. The second-order valence-corrected chi connectivity index (χ2v) is 5.29. The molecule has 0 spiro atoms. The van der Waals surface area contributed by atoms with Crippen LogP contribution in [0.1, 0.15) is 13.8 Å². The molecule has 3 heteroatoms. The molecule has 0 aromatic heterocycles. The fourth-order valence-electron chi connectivity index (χ4n) is 0.380. The Morgan fingerprint density at radius 1 is 1.56 bits per heavy atom. The van der Waals surface area contributed by atoms with Gasteiger partial charge in [-0.05, 0) is 18.9 Å². The predicted molar refractivity (Wildman–Crippen MR) is 53.0 cm³/mol. The van der Waals surface area contributed by atoms with Gasteiger partial charge in [-0.2, -0.15) is 0 Å². The summed E-state index contributed by atoms with van der Waals surface area (Å²) in [6, 6.07) is 0. The lowest BCUT2D eigenvalue weighted by atomic mass is 10.8. The van der Waals surface area contributed by atoms with Crippen LogP contribution in [0.25, 0.3) is 0 Å². The van der Waals surface area contributed by atoms with E-state index in [2.05, 4.69) is 26.2 Å². The zero-order valence-corrected chi connectivity index (χ0v) is 8.46. The molecule has 0 bridgehead atoms. The first-order valence-electron chi connectivity index (χ1n) is 2.84. The third-order valence-corrected chi connectivity index (χ3v) is 4.02. The zero-order valence-electron chi connectivity index (χ0n) is 6.01. The minimum Gasteiger partial charge on any atom is -0.119 e. The lowest BCUT2D eigenvalue weighted by Crippen LogP contribution is -1.66. The first kappa shape index (κ1) is 9.79. The van der Waals surface area contributed by atoms with Gasteiger partial charge in [0.05, 0.1) is 0 Å². The third kappa shape index (κ3) is 5.25. The number of hydrogen-bond acceptors (Lipinski definition) is 3. The number of thioether (sulfide) groups is 1. The Bertz CT molecular complexity index is 80.3. The van der Waals surface area contributed by atoms with Crippen molar-refractivity contribution in [2.75, 3.05) is 12.0 Å². The van der Waals surface area contributed by atoms with E-state index in [1.54, 1.807) is 10.8 Å². The molecule has 0 saturated carbocycles. The standard InChI is InChI=1S/C6H12S3/c1-4-6(8-5-2)9-7-3/h4H,5H2,1-3H3. The Morgan fingerprint density at radius 2 is 2.22 bits per heavy atom. The van der Waals surface area contributed by atoms with E-state index in [0.717, 1.165) is 0 Å². The van der Waals surface area contributed by atoms with Crippen LogP contribution in [0.4, 0.5) is 0 Å². The molecule has 0 fully saturated rings. The van der Waals surface area contributed by atoms with Gasteiger partial charge in [-0.25, -0.2) is 0 Å². The Morgan fingerprint density at radius 3 is 2.56 bits per heavy atom. The summed E-state index contributed by atoms with van der Waals surface area (Å²) in [6.45, 7) is 4.26. The van der Waals surface area contributed by atoms with Crippen molar-refractivity contribution in [1.82, 2.24) is 0 Å². The van der Waals surface area contributed by atoms with Crippen LogP contribution < -0.4 is 0 Å². The lowest BCUT2D eigenvalue weighted by molar-refractivity contribution is 1.53. The van der Waals surface area contributed by atoms with Crippen LogP contribution in [0.5, 0.6) is 0 Å². The van der Waals surface area contributed by atoms with Gasteiger partial charge in [0.15, 0.2) is 0 Å². The second-order valence-electron chi connectivity index (χ2n) is 1.29. The second kappa shape index (κ2) is 6.90. The molecule has 0 aromatic carbocycles. The number of allylic oxidation sites excluding steroid dienone is 1. The molecule has 0 nitrogen and oxygen atoms in total. The van der Waals surface area contributed by atoms with Gasteiger partial charge in [0.1, 0.15) is 0 Å². The lowest BCUT2D eigenvalue weighted by Gasteiger charge is -1.98. The predicted octanol–water partition coefficient (Wildman–Crippen LogP) is 3.61. The van der Waals surface area contributed by atoms with Gasteiger partial charge in [0.25, 0.3) is 0 Å². The summed E-state index contributed by atoms with van der Waals surface area (Å²) in [5.74, 6) is 1.17. The zero-order chi connectivity index (χ0) is 7.11. The Kier molecular flexibility index (Phi) is 7.51. The molecule has 0 heterocycles. The van der Waals surface area contributed by atoms with E-state index < -0.39 is 0 Å². The van der Waals surface area contributed by atoms with Crippen molar-refractivity contribution in [3.05, 3.63) is 10.3 Å². The van der Waals surface area contributed by atoms with E-state index >= 15 is 0 Å². The average Bonchev–Trinajstić information content (AvgIpc) is 1.88. The van der Waals surface area contributed by atoms with Crippen LogP contribution in [0, 0.1) is 0 Å². The van der Waals surface area contributed by atoms with Gasteiger partial charge in [0, 0.05) is 4.24 Å². The van der Waals surface area contributed by atoms with Crippen LogP contribution in [-0.2, 0) is 0 Å². The monoisotopic (exact) mass is 180 g/mol. The molecule has 0 aliphatic carbocycles. The molecule has 0 unspecified atom stereocenters. The summed E-state index contributed by atoms with van der Waals surface area (Å²) in [5.41, 5.74) is 0. The van der Waals surface area contributed by atoms with E-state index in [1.165, 1.54) is 9.99 Å². The van der Waals surface area contributed by atoms with E-state index in [-0.39, 0.29) is 0 Å². The minimum atomic E-state index is 1.17. The average molecular weight is 180 g/mol. The van der Waals surface area contributed by atoms with Gasteiger partial charge in [-0.15, -0.1) is 11.8 Å². The summed E-state index contributed by atoms with van der Waals surface area (Å²) in [5, 5.41) is 0. The smallest absolute Gasteiger partial charge is 0.0467 e. The maximum absolute atomic E-state index is 2.18. The first-order chi connectivity index (χ1) is 4.35. The van der Waals surface area contributed by atoms with Crippen LogP contribution in [-0.4, -0.2) is 12.0 Å². The topological polar surface area (TPSA) is 0 Å². The molecular weight excluding hydrogens is 168 g/mol. The van der Waals surface area contributed by atoms with Crippen molar-refractivity contribution < 1.29 is 0 Å². The van der Waals surface area contributed by atoms with Crippen LogP contribution in [0.3, 0.4) is 0 Å². The van der Waals surface area contributed by atoms with Crippen LogP contribution >= 0.6 is 33.3 Å². The van der Waals surface area contributed by atoms with E-state index in [0.29, 0.717) is 0 Å². The normalized spacial score (nSPS) is 12.1. The van der Waals surface area contributed by atoms with E-state index in [1.807, 2.05) is 22.6 Å². The van der Waals surface area contributed by atoms with Crippen molar-refractivity contribution in [2.24, 2.45) is 0 Å². The van der Waals surface area contributed by atoms with Gasteiger partial charge in [-0.3, -0.25) is 0 Å². The van der Waals surface area contributed by atoms with Crippen molar-refractivity contribution >= 4 is 33.3 Å². The van der Waals surface area contributed by atoms with Crippen LogP contribution in [0.2, 0.25) is 0 Å². The highest BCUT2D eigenvalue weighted by Gasteiger charge is 1.92. The molecule has 54 valence electrons. The molecule has 0 radical (unpaired) electrons. The molecule has 0 aromatic rings. The molecule has 0 N–H and O–H groups in total. The molecule has 9 heavy (non-hydrogen) atoms. The summed E-state index contributed by atoms with van der Waals surface area (Å²) >= 11 is 1.90. The first-order valence-corrected chi connectivity index (χ1v) is 6.39. The Balaban J connectivity index is 3.43. The molecule has 0 amide bonds. The Labute approximate surface area is 69.6 Å².